The largest absolute Gasteiger partial charge is 0.457 e. The number of ether oxygens (including phenoxy) is 1. The van der Waals surface area contributed by atoms with Gasteiger partial charge in [-0.1, -0.05) is 11.6 Å². The predicted molar refractivity (Wildman–Crippen MR) is 99.6 cm³/mol. The van der Waals surface area contributed by atoms with E-state index in [0.29, 0.717) is 28.3 Å². The Morgan fingerprint density at radius 3 is 2.50 bits per heavy atom. The van der Waals surface area contributed by atoms with Crippen LogP contribution < -0.4 is 10.1 Å². The Balaban J connectivity index is 1.72. The molecule has 1 amide bonds. The third-order valence-corrected chi connectivity index (χ3v) is 3.86. The van der Waals surface area contributed by atoms with Gasteiger partial charge in [-0.05, 0) is 67.1 Å². The molecule has 0 unspecified atom stereocenters. The first kappa shape index (κ1) is 17.5. The fourth-order valence-corrected chi connectivity index (χ4v) is 2.49. The Kier molecular flexibility index (Phi) is 5.16. The number of aromatic nitrogens is 1. The molecule has 0 aliphatic rings. The van der Waals surface area contributed by atoms with E-state index in [1.807, 2.05) is 13.0 Å². The Hall–Kier alpha value is -3.36. The van der Waals surface area contributed by atoms with Gasteiger partial charge in [-0.3, -0.25) is 4.79 Å². The van der Waals surface area contributed by atoms with Crippen LogP contribution in [0.2, 0.25) is 5.15 Å². The highest BCUT2D eigenvalue weighted by molar-refractivity contribution is 6.29. The van der Waals surface area contributed by atoms with Crippen molar-refractivity contribution >= 4 is 23.2 Å². The van der Waals surface area contributed by atoms with E-state index >= 15 is 0 Å². The molecule has 0 aliphatic heterocycles. The summed E-state index contributed by atoms with van der Waals surface area (Å²) in [5, 5.41) is 11.9. The van der Waals surface area contributed by atoms with Gasteiger partial charge in [-0.2, -0.15) is 5.26 Å². The van der Waals surface area contributed by atoms with Crippen LogP contribution in [-0.4, -0.2) is 10.9 Å². The molecule has 0 fully saturated rings. The highest BCUT2D eigenvalue weighted by Crippen LogP contribution is 2.26. The van der Waals surface area contributed by atoms with Gasteiger partial charge in [-0.15, -0.1) is 0 Å². The number of halogens is 1. The smallest absolute Gasteiger partial charge is 0.255 e. The third kappa shape index (κ3) is 4.18. The lowest BCUT2D eigenvalue weighted by Gasteiger charge is -2.11. The summed E-state index contributed by atoms with van der Waals surface area (Å²) in [6.07, 6.45) is 1.48. The zero-order chi connectivity index (χ0) is 18.5. The van der Waals surface area contributed by atoms with Crippen LogP contribution in [0.5, 0.6) is 11.5 Å². The number of hydrogen-bond donors (Lipinski definition) is 1. The fraction of sp³-hybridized carbons (Fsp3) is 0.0500. The van der Waals surface area contributed by atoms with Crippen molar-refractivity contribution in [3.05, 3.63) is 82.6 Å². The number of aryl methyl sites for hydroxylation is 1. The summed E-state index contributed by atoms with van der Waals surface area (Å²) < 4.78 is 5.77. The molecular weight excluding hydrogens is 350 g/mol. The number of hydrogen-bond acceptors (Lipinski definition) is 4. The number of carbonyl (C=O) groups is 1. The number of rotatable bonds is 4. The summed E-state index contributed by atoms with van der Waals surface area (Å²) in [4.78, 5) is 16.2. The zero-order valence-electron chi connectivity index (χ0n) is 13.9. The van der Waals surface area contributed by atoms with Gasteiger partial charge in [0.25, 0.3) is 5.91 Å². The molecule has 0 radical (unpaired) electrons. The minimum Gasteiger partial charge on any atom is -0.457 e. The second-order valence-electron chi connectivity index (χ2n) is 5.54. The molecule has 0 spiro atoms. The SMILES string of the molecule is Cc1cc(Oc2ccc(C#N)cc2)ccc1NC(=O)c1ccnc(Cl)c1. The molecule has 1 N–H and O–H groups in total. The van der Waals surface area contributed by atoms with Crippen molar-refractivity contribution in [1.82, 2.24) is 4.98 Å². The van der Waals surface area contributed by atoms with E-state index < -0.39 is 0 Å². The first-order valence-corrected chi connectivity index (χ1v) is 8.14. The molecule has 128 valence electrons. The Labute approximate surface area is 155 Å². The van der Waals surface area contributed by atoms with Crippen LogP contribution in [0.4, 0.5) is 5.69 Å². The summed E-state index contributed by atoms with van der Waals surface area (Å²) in [6, 6.07) is 17.4. The number of benzene rings is 2. The van der Waals surface area contributed by atoms with Crippen LogP contribution in [0.25, 0.3) is 0 Å². The molecule has 6 heteroatoms. The van der Waals surface area contributed by atoms with Gasteiger partial charge in [0.2, 0.25) is 0 Å². The topological polar surface area (TPSA) is 75.0 Å². The summed E-state index contributed by atoms with van der Waals surface area (Å²) in [6.45, 7) is 1.88. The molecule has 0 bridgehead atoms. The summed E-state index contributed by atoms with van der Waals surface area (Å²) >= 11 is 5.81. The molecule has 0 atom stereocenters. The van der Waals surface area contributed by atoms with Crippen molar-refractivity contribution in [3.63, 3.8) is 0 Å². The van der Waals surface area contributed by atoms with Crippen molar-refractivity contribution < 1.29 is 9.53 Å². The van der Waals surface area contributed by atoms with E-state index in [9.17, 15) is 4.79 Å². The van der Waals surface area contributed by atoms with Gasteiger partial charge in [0, 0.05) is 17.4 Å². The van der Waals surface area contributed by atoms with E-state index in [2.05, 4.69) is 16.4 Å². The van der Waals surface area contributed by atoms with Crippen molar-refractivity contribution in [3.8, 4) is 17.6 Å². The monoisotopic (exact) mass is 363 g/mol. The molecule has 0 saturated heterocycles. The van der Waals surface area contributed by atoms with Crippen LogP contribution >= 0.6 is 11.6 Å². The molecule has 1 heterocycles. The lowest BCUT2D eigenvalue weighted by Crippen LogP contribution is -2.12. The number of amides is 1. The third-order valence-electron chi connectivity index (χ3n) is 3.65. The maximum Gasteiger partial charge on any atom is 0.255 e. The Morgan fingerprint density at radius 1 is 1.12 bits per heavy atom. The molecule has 1 aromatic heterocycles. The minimum atomic E-state index is -0.266. The quantitative estimate of drug-likeness (QED) is 0.665. The normalized spacial score (nSPS) is 10.0. The van der Waals surface area contributed by atoms with Gasteiger partial charge in [0.1, 0.15) is 16.7 Å². The van der Waals surface area contributed by atoms with Crippen molar-refractivity contribution in [1.29, 1.82) is 5.26 Å². The second-order valence-corrected chi connectivity index (χ2v) is 5.92. The average molecular weight is 364 g/mol. The first-order chi connectivity index (χ1) is 12.5. The van der Waals surface area contributed by atoms with Gasteiger partial charge in [-0.25, -0.2) is 4.98 Å². The van der Waals surface area contributed by atoms with E-state index in [1.54, 1.807) is 42.5 Å². The maximum atomic E-state index is 12.3. The molecule has 3 aromatic rings. The molecule has 0 saturated carbocycles. The van der Waals surface area contributed by atoms with Gasteiger partial charge >= 0.3 is 0 Å². The van der Waals surface area contributed by atoms with Crippen LogP contribution in [0.1, 0.15) is 21.5 Å². The van der Waals surface area contributed by atoms with Crippen LogP contribution in [0, 0.1) is 18.3 Å². The Morgan fingerprint density at radius 2 is 1.85 bits per heavy atom. The van der Waals surface area contributed by atoms with Crippen molar-refractivity contribution in [2.75, 3.05) is 5.32 Å². The zero-order valence-corrected chi connectivity index (χ0v) is 14.6. The lowest BCUT2D eigenvalue weighted by atomic mass is 10.1. The average Bonchev–Trinajstić information content (AvgIpc) is 2.64. The van der Waals surface area contributed by atoms with Crippen LogP contribution in [-0.2, 0) is 0 Å². The fourth-order valence-electron chi connectivity index (χ4n) is 2.31. The number of nitrogens with zero attached hydrogens (tertiary/aromatic N) is 2. The molecule has 0 aliphatic carbocycles. The Bertz CT molecular complexity index is 995. The van der Waals surface area contributed by atoms with Gasteiger partial charge < -0.3 is 10.1 Å². The number of carbonyl (C=O) groups excluding carboxylic acids is 1. The summed E-state index contributed by atoms with van der Waals surface area (Å²) in [5.41, 5.74) is 2.53. The summed E-state index contributed by atoms with van der Waals surface area (Å²) in [7, 11) is 0. The maximum absolute atomic E-state index is 12.3. The van der Waals surface area contributed by atoms with E-state index in [1.165, 1.54) is 12.3 Å². The number of pyridine rings is 1. The highest BCUT2D eigenvalue weighted by atomic mass is 35.5. The minimum absolute atomic E-state index is 0.264. The van der Waals surface area contributed by atoms with Gasteiger partial charge in [0.05, 0.1) is 11.6 Å². The molecule has 2 aromatic carbocycles. The van der Waals surface area contributed by atoms with Crippen LogP contribution in [0.15, 0.2) is 60.8 Å². The standard InChI is InChI=1S/C20H14ClN3O2/c1-13-10-17(26-16-4-2-14(12-22)3-5-16)6-7-18(13)24-20(25)15-8-9-23-19(21)11-15/h2-11H,1H3,(H,24,25). The van der Waals surface area contributed by atoms with Crippen molar-refractivity contribution in [2.45, 2.75) is 6.92 Å². The van der Waals surface area contributed by atoms with Crippen LogP contribution in [0.3, 0.4) is 0 Å². The predicted octanol–water partition coefficient (Wildman–Crippen LogP) is 4.96. The lowest BCUT2D eigenvalue weighted by molar-refractivity contribution is 0.102. The number of nitrogens with one attached hydrogen (secondary N) is 1. The number of anilines is 1. The molecule has 26 heavy (non-hydrogen) atoms. The molecule has 3 rings (SSSR count). The van der Waals surface area contributed by atoms with Crippen molar-refractivity contribution in [2.24, 2.45) is 0 Å². The molecule has 5 nitrogen and oxygen atoms in total. The summed E-state index contributed by atoms with van der Waals surface area (Å²) in [5.74, 6) is 1.00. The van der Waals surface area contributed by atoms with E-state index in [0.717, 1.165) is 5.56 Å². The molecular formula is C20H14ClN3O2. The van der Waals surface area contributed by atoms with E-state index in [-0.39, 0.29) is 11.1 Å². The second kappa shape index (κ2) is 7.68. The first-order valence-electron chi connectivity index (χ1n) is 7.77. The van der Waals surface area contributed by atoms with Gasteiger partial charge in [0.15, 0.2) is 0 Å². The number of nitriles is 1. The van der Waals surface area contributed by atoms with E-state index in [4.69, 9.17) is 21.6 Å². The highest BCUT2D eigenvalue weighted by Gasteiger charge is 2.09.